The molecule has 104 valence electrons. The van der Waals surface area contributed by atoms with Crippen molar-refractivity contribution in [3.63, 3.8) is 0 Å². The van der Waals surface area contributed by atoms with Gasteiger partial charge in [-0.15, -0.1) is 0 Å². The summed E-state index contributed by atoms with van der Waals surface area (Å²) in [7, 11) is 0. The van der Waals surface area contributed by atoms with Crippen LogP contribution in [0.4, 0.5) is 0 Å². The molecule has 1 saturated heterocycles. The molecule has 0 aliphatic carbocycles. The first kappa shape index (κ1) is 13.4. The van der Waals surface area contributed by atoms with Gasteiger partial charge in [0.1, 0.15) is 5.75 Å². The van der Waals surface area contributed by atoms with E-state index in [4.69, 9.17) is 15.2 Å². The Morgan fingerprint density at radius 3 is 3.00 bits per heavy atom. The minimum Gasteiger partial charge on any atom is -0.493 e. The topological polar surface area (TPSA) is 44.5 Å². The number of fused-ring (bicyclic) bond motifs is 1. The van der Waals surface area contributed by atoms with Crippen molar-refractivity contribution in [2.75, 3.05) is 19.8 Å². The van der Waals surface area contributed by atoms with Gasteiger partial charge in [-0.1, -0.05) is 15.9 Å². The number of halogens is 1. The molecule has 0 aromatic heterocycles. The fourth-order valence-electron chi connectivity index (χ4n) is 3.06. The third kappa shape index (κ3) is 2.96. The monoisotopic (exact) mass is 325 g/mol. The predicted molar refractivity (Wildman–Crippen MR) is 78.6 cm³/mol. The third-order valence-corrected chi connectivity index (χ3v) is 4.53. The van der Waals surface area contributed by atoms with E-state index in [0.29, 0.717) is 0 Å². The molecule has 0 radical (unpaired) electrons. The molecule has 1 fully saturated rings. The third-order valence-electron chi connectivity index (χ3n) is 4.08. The zero-order chi connectivity index (χ0) is 13.3. The number of ether oxygens (including phenoxy) is 2. The summed E-state index contributed by atoms with van der Waals surface area (Å²) in [6.07, 6.45) is 4.87. The standard InChI is InChI=1S/C15H20BrNO2/c16-13-8-11-2-6-19-14(11)12(9-13)10-15(17)3-1-5-18-7-4-15/h8-9H,1-7,10,17H2. The smallest absolute Gasteiger partial charge is 0.125 e. The van der Waals surface area contributed by atoms with Gasteiger partial charge in [-0.25, -0.2) is 0 Å². The molecule has 2 aliphatic rings. The van der Waals surface area contributed by atoms with Crippen LogP contribution in [-0.2, 0) is 17.6 Å². The van der Waals surface area contributed by atoms with Gasteiger partial charge in [0.05, 0.1) is 6.61 Å². The lowest BCUT2D eigenvalue weighted by Gasteiger charge is -2.28. The van der Waals surface area contributed by atoms with Crippen molar-refractivity contribution in [1.29, 1.82) is 0 Å². The summed E-state index contributed by atoms with van der Waals surface area (Å²) in [4.78, 5) is 0. The maximum atomic E-state index is 6.58. The molecule has 0 spiro atoms. The highest BCUT2D eigenvalue weighted by molar-refractivity contribution is 9.10. The van der Waals surface area contributed by atoms with Crippen molar-refractivity contribution in [1.82, 2.24) is 0 Å². The van der Waals surface area contributed by atoms with Gasteiger partial charge in [0, 0.05) is 29.6 Å². The highest BCUT2D eigenvalue weighted by Crippen LogP contribution is 2.36. The minimum atomic E-state index is -0.156. The maximum Gasteiger partial charge on any atom is 0.125 e. The van der Waals surface area contributed by atoms with Crippen molar-refractivity contribution < 1.29 is 9.47 Å². The van der Waals surface area contributed by atoms with Crippen molar-refractivity contribution in [3.8, 4) is 5.75 Å². The van der Waals surface area contributed by atoms with Crippen molar-refractivity contribution in [2.45, 2.75) is 37.6 Å². The van der Waals surface area contributed by atoms with E-state index in [9.17, 15) is 0 Å². The van der Waals surface area contributed by atoms with Crippen LogP contribution in [0.15, 0.2) is 16.6 Å². The van der Waals surface area contributed by atoms with Crippen LogP contribution in [0.1, 0.15) is 30.4 Å². The van der Waals surface area contributed by atoms with E-state index in [1.807, 2.05) is 0 Å². The summed E-state index contributed by atoms with van der Waals surface area (Å²) < 4.78 is 12.4. The summed E-state index contributed by atoms with van der Waals surface area (Å²) in [5.74, 6) is 1.07. The minimum absolute atomic E-state index is 0.156. The number of hydrogen-bond acceptors (Lipinski definition) is 3. The van der Waals surface area contributed by atoms with E-state index in [1.54, 1.807) is 0 Å². The zero-order valence-corrected chi connectivity index (χ0v) is 12.7. The Kier molecular flexibility index (Phi) is 3.83. The zero-order valence-electron chi connectivity index (χ0n) is 11.1. The van der Waals surface area contributed by atoms with Crippen LogP contribution in [0.5, 0.6) is 5.75 Å². The number of rotatable bonds is 2. The average molecular weight is 326 g/mol. The van der Waals surface area contributed by atoms with Gasteiger partial charge in [-0.3, -0.25) is 0 Å². The average Bonchev–Trinajstić information content (AvgIpc) is 2.72. The lowest BCUT2D eigenvalue weighted by molar-refractivity contribution is 0.139. The van der Waals surface area contributed by atoms with Crippen molar-refractivity contribution in [3.05, 3.63) is 27.7 Å². The highest BCUT2D eigenvalue weighted by Gasteiger charge is 2.29. The first-order valence-corrected chi connectivity index (χ1v) is 7.76. The summed E-state index contributed by atoms with van der Waals surface area (Å²) in [5, 5.41) is 0. The molecule has 2 heterocycles. The fraction of sp³-hybridized carbons (Fsp3) is 0.600. The predicted octanol–water partition coefficient (Wildman–Crippen LogP) is 2.82. The highest BCUT2D eigenvalue weighted by atomic mass is 79.9. The van der Waals surface area contributed by atoms with Crippen LogP contribution in [0.3, 0.4) is 0 Å². The van der Waals surface area contributed by atoms with E-state index in [-0.39, 0.29) is 5.54 Å². The Labute approximate surface area is 122 Å². The van der Waals surface area contributed by atoms with E-state index in [0.717, 1.165) is 62.1 Å². The molecule has 0 amide bonds. The summed E-state index contributed by atoms with van der Waals surface area (Å²) in [6.45, 7) is 2.40. The molecule has 0 bridgehead atoms. The molecule has 1 aromatic carbocycles. The Bertz CT molecular complexity index is 467. The van der Waals surface area contributed by atoms with E-state index < -0.39 is 0 Å². The number of benzene rings is 1. The molecular formula is C15H20BrNO2. The van der Waals surface area contributed by atoms with Crippen LogP contribution < -0.4 is 10.5 Å². The van der Waals surface area contributed by atoms with E-state index >= 15 is 0 Å². The van der Waals surface area contributed by atoms with E-state index in [1.165, 1.54) is 11.1 Å². The molecule has 19 heavy (non-hydrogen) atoms. The molecule has 1 aromatic rings. The molecule has 1 atom stereocenters. The normalized spacial score (nSPS) is 26.6. The molecular weight excluding hydrogens is 306 g/mol. The van der Waals surface area contributed by atoms with Gasteiger partial charge >= 0.3 is 0 Å². The first-order valence-electron chi connectivity index (χ1n) is 6.97. The fourth-order valence-corrected chi connectivity index (χ4v) is 3.61. The van der Waals surface area contributed by atoms with E-state index in [2.05, 4.69) is 28.1 Å². The second-order valence-electron chi connectivity index (χ2n) is 5.66. The second kappa shape index (κ2) is 5.43. The van der Waals surface area contributed by atoms with Gasteiger partial charge in [0.15, 0.2) is 0 Å². The summed E-state index contributed by atoms with van der Waals surface area (Å²) in [6, 6.07) is 4.32. The van der Waals surface area contributed by atoms with Crippen LogP contribution in [-0.4, -0.2) is 25.4 Å². The number of nitrogens with two attached hydrogens (primary N) is 1. The van der Waals surface area contributed by atoms with Crippen molar-refractivity contribution in [2.24, 2.45) is 5.73 Å². The lowest BCUT2D eigenvalue weighted by Crippen LogP contribution is -2.42. The molecule has 2 aliphatic heterocycles. The Balaban J connectivity index is 1.86. The summed E-state index contributed by atoms with van der Waals surface area (Å²) in [5.41, 5.74) is 8.97. The molecule has 1 unspecified atom stereocenters. The van der Waals surface area contributed by atoms with Crippen LogP contribution in [0.2, 0.25) is 0 Å². The van der Waals surface area contributed by atoms with Gasteiger partial charge in [0.25, 0.3) is 0 Å². The van der Waals surface area contributed by atoms with Gasteiger partial charge in [-0.05, 0) is 48.9 Å². The molecule has 2 N–H and O–H groups in total. The summed E-state index contributed by atoms with van der Waals surface area (Å²) >= 11 is 3.59. The second-order valence-corrected chi connectivity index (χ2v) is 6.57. The largest absolute Gasteiger partial charge is 0.493 e. The number of hydrogen-bond donors (Lipinski definition) is 1. The van der Waals surface area contributed by atoms with Gasteiger partial charge < -0.3 is 15.2 Å². The Morgan fingerprint density at radius 2 is 2.11 bits per heavy atom. The van der Waals surface area contributed by atoms with Crippen LogP contribution >= 0.6 is 15.9 Å². The van der Waals surface area contributed by atoms with Crippen LogP contribution in [0, 0.1) is 0 Å². The lowest BCUT2D eigenvalue weighted by atomic mass is 9.84. The molecule has 0 saturated carbocycles. The Morgan fingerprint density at radius 1 is 1.21 bits per heavy atom. The van der Waals surface area contributed by atoms with Gasteiger partial charge in [-0.2, -0.15) is 0 Å². The van der Waals surface area contributed by atoms with Crippen molar-refractivity contribution >= 4 is 15.9 Å². The van der Waals surface area contributed by atoms with Gasteiger partial charge in [0.2, 0.25) is 0 Å². The quantitative estimate of drug-likeness (QED) is 0.909. The maximum absolute atomic E-state index is 6.58. The molecule has 4 heteroatoms. The van der Waals surface area contributed by atoms with Crippen LogP contribution in [0.25, 0.3) is 0 Å². The molecule has 3 nitrogen and oxygen atoms in total. The Hall–Kier alpha value is -0.580. The first-order chi connectivity index (χ1) is 9.16. The SMILES string of the molecule is NC1(Cc2cc(Br)cc3c2OCC3)CCCOCC1. The molecule has 3 rings (SSSR count).